The van der Waals surface area contributed by atoms with Crippen LogP contribution in [0.1, 0.15) is 35.1 Å². The molecule has 7 heteroatoms. The number of Topliss-reactive ketones (excluding diaryl/α,β-unsaturated/α-hetero) is 1. The summed E-state index contributed by atoms with van der Waals surface area (Å²) in [6.45, 7) is 8.14. The second kappa shape index (κ2) is 9.08. The number of aliphatic hydroxyl groups excluding tert-OH is 1. The lowest BCUT2D eigenvalue weighted by Crippen LogP contribution is -2.38. The van der Waals surface area contributed by atoms with Gasteiger partial charge in [-0.05, 0) is 32.4 Å². The second-order valence-corrected chi connectivity index (χ2v) is 8.11. The zero-order chi connectivity index (χ0) is 22.0. The summed E-state index contributed by atoms with van der Waals surface area (Å²) in [5.74, 6) is -0.285. The summed E-state index contributed by atoms with van der Waals surface area (Å²) < 4.78 is 11.2. The third kappa shape index (κ3) is 4.43. The maximum absolute atomic E-state index is 13.0. The quantitative estimate of drug-likeness (QED) is 0.436. The number of carbonyl (C=O) groups excluding carboxylic acids is 2. The smallest absolute Gasteiger partial charge is 0.295 e. The fraction of sp³-hybridized carbons (Fsp3) is 0.417. The van der Waals surface area contributed by atoms with Crippen LogP contribution in [0, 0.1) is 13.8 Å². The Hall–Kier alpha value is -2.90. The first kappa shape index (κ1) is 21.3. The van der Waals surface area contributed by atoms with E-state index in [0.29, 0.717) is 43.3 Å². The molecule has 2 saturated heterocycles. The van der Waals surface area contributed by atoms with Gasteiger partial charge < -0.3 is 19.2 Å². The lowest BCUT2D eigenvalue weighted by atomic mass is 9.99. The van der Waals surface area contributed by atoms with Crippen molar-refractivity contribution in [3.8, 4) is 0 Å². The van der Waals surface area contributed by atoms with E-state index >= 15 is 0 Å². The molecule has 1 aromatic carbocycles. The molecule has 0 bridgehead atoms. The molecule has 3 heterocycles. The zero-order valence-corrected chi connectivity index (χ0v) is 18.0. The lowest BCUT2D eigenvalue weighted by Gasteiger charge is -2.28. The van der Waals surface area contributed by atoms with Crippen molar-refractivity contribution in [3.63, 3.8) is 0 Å². The van der Waals surface area contributed by atoms with E-state index in [-0.39, 0.29) is 11.3 Å². The first-order chi connectivity index (χ1) is 15.0. The molecule has 1 aromatic heterocycles. The SMILES string of the molecule is Cc1ccc(/C(O)=C2\C(=O)C(=O)N(CCCN3CCOCC3)[C@@H]2c2ccc(C)o2)cc1. The van der Waals surface area contributed by atoms with Gasteiger partial charge in [-0.15, -0.1) is 0 Å². The number of morpholine rings is 1. The summed E-state index contributed by atoms with van der Waals surface area (Å²) in [6.07, 6.45) is 0.716. The van der Waals surface area contributed by atoms with Gasteiger partial charge in [-0.2, -0.15) is 0 Å². The largest absolute Gasteiger partial charge is 0.507 e. The van der Waals surface area contributed by atoms with Crippen LogP contribution in [0.4, 0.5) is 0 Å². The number of ketones is 1. The Balaban J connectivity index is 1.64. The minimum atomic E-state index is -0.736. The Kier molecular flexibility index (Phi) is 6.25. The zero-order valence-electron chi connectivity index (χ0n) is 18.0. The molecule has 4 rings (SSSR count). The van der Waals surface area contributed by atoms with Crippen molar-refractivity contribution in [2.45, 2.75) is 26.3 Å². The molecule has 0 saturated carbocycles. The molecule has 2 aliphatic rings. The van der Waals surface area contributed by atoms with Crippen LogP contribution in [0.15, 0.2) is 46.4 Å². The monoisotopic (exact) mass is 424 g/mol. The van der Waals surface area contributed by atoms with E-state index in [4.69, 9.17) is 9.15 Å². The third-order valence-corrected chi connectivity index (χ3v) is 5.87. The Morgan fingerprint density at radius 3 is 2.39 bits per heavy atom. The molecule has 2 aliphatic heterocycles. The molecular formula is C24H28N2O5. The topological polar surface area (TPSA) is 83.2 Å². The molecule has 1 amide bonds. The summed E-state index contributed by atoms with van der Waals surface area (Å²) in [6, 6.07) is 10.1. The number of rotatable bonds is 6. The van der Waals surface area contributed by atoms with Gasteiger partial charge in [0.2, 0.25) is 0 Å². The van der Waals surface area contributed by atoms with E-state index < -0.39 is 17.7 Å². The van der Waals surface area contributed by atoms with Crippen LogP contribution >= 0.6 is 0 Å². The summed E-state index contributed by atoms with van der Waals surface area (Å²) in [5, 5.41) is 11.0. The second-order valence-electron chi connectivity index (χ2n) is 8.11. The Morgan fingerprint density at radius 1 is 1.03 bits per heavy atom. The number of nitrogens with zero attached hydrogens (tertiary/aromatic N) is 2. The molecule has 2 aromatic rings. The number of ether oxygens (including phenoxy) is 1. The van der Waals surface area contributed by atoms with Gasteiger partial charge in [-0.3, -0.25) is 14.5 Å². The van der Waals surface area contributed by atoms with Gasteiger partial charge in [0.15, 0.2) is 0 Å². The minimum absolute atomic E-state index is 0.0783. The highest BCUT2D eigenvalue weighted by atomic mass is 16.5. The van der Waals surface area contributed by atoms with Gasteiger partial charge in [0.1, 0.15) is 23.3 Å². The molecule has 7 nitrogen and oxygen atoms in total. The molecule has 164 valence electrons. The van der Waals surface area contributed by atoms with E-state index in [1.165, 1.54) is 4.90 Å². The van der Waals surface area contributed by atoms with Crippen LogP contribution in [0.25, 0.3) is 5.76 Å². The molecule has 0 aliphatic carbocycles. The molecule has 1 atom stereocenters. The van der Waals surface area contributed by atoms with Crippen molar-refractivity contribution in [1.29, 1.82) is 0 Å². The van der Waals surface area contributed by atoms with Crippen molar-refractivity contribution >= 4 is 17.4 Å². The molecule has 31 heavy (non-hydrogen) atoms. The maximum Gasteiger partial charge on any atom is 0.295 e. The Labute approximate surface area is 181 Å². The van der Waals surface area contributed by atoms with Gasteiger partial charge in [0.25, 0.3) is 11.7 Å². The van der Waals surface area contributed by atoms with Crippen molar-refractivity contribution in [2.75, 3.05) is 39.4 Å². The summed E-state index contributed by atoms with van der Waals surface area (Å²) in [4.78, 5) is 29.7. The molecule has 2 fully saturated rings. The lowest BCUT2D eigenvalue weighted by molar-refractivity contribution is -0.140. The van der Waals surface area contributed by atoms with Gasteiger partial charge in [-0.25, -0.2) is 0 Å². The van der Waals surface area contributed by atoms with Crippen LogP contribution in [0.2, 0.25) is 0 Å². The molecule has 0 spiro atoms. The van der Waals surface area contributed by atoms with E-state index in [1.807, 2.05) is 26.0 Å². The van der Waals surface area contributed by atoms with Crippen molar-refractivity contribution in [1.82, 2.24) is 9.80 Å². The molecular weight excluding hydrogens is 396 g/mol. The number of aliphatic hydroxyl groups is 1. The average molecular weight is 424 g/mol. The predicted molar refractivity (Wildman–Crippen MR) is 116 cm³/mol. The number of benzene rings is 1. The third-order valence-electron chi connectivity index (χ3n) is 5.87. The normalized spacial score (nSPS) is 21.7. The minimum Gasteiger partial charge on any atom is -0.507 e. The summed E-state index contributed by atoms with van der Waals surface area (Å²) >= 11 is 0. The van der Waals surface area contributed by atoms with Crippen LogP contribution in [0.5, 0.6) is 0 Å². The van der Waals surface area contributed by atoms with E-state index in [2.05, 4.69) is 4.90 Å². The summed E-state index contributed by atoms with van der Waals surface area (Å²) in [5.41, 5.74) is 1.62. The van der Waals surface area contributed by atoms with Gasteiger partial charge in [0.05, 0.1) is 18.8 Å². The number of hydrogen-bond donors (Lipinski definition) is 1. The highest BCUT2D eigenvalue weighted by Gasteiger charge is 2.47. The number of amides is 1. The summed E-state index contributed by atoms with van der Waals surface area (Å²) in [7, 11) is 0. The van der Waals surface area contributed by atoms with Gasteiger partial charge >= 0.3 is 0 Å². The van der Waals surface area contributed by atoms with Crippen LogP contribution < -0.4 is 0 Å². The van der Waals surface area contributed by atoms with Crippen LogP contribution in [0.3, 0.4) is 0 Å². The average Bonchev–Trinajstić information content (AvgIpc) is 3.30. The number of likely N-dealkylation sites (tertiary alicyclic amines) is 1. The molecule has 1 N–H and O–H groups in total. The van der Waals surface area contributed by atoms with E-state index in [9.17, 15) is 14.7 Å². The first-order valence-corrected chi connectivity index (χ1v) is 10.7. The van der Waals surface area contributed by atoms with Crippen LogP contribution in [-0.2, 0) is 14.3 Å². The van der Waals surface area contributed by atoms with Gasteiger partial charge in [-0.1, -0.05) is 29.8 Å². The van der Waals surface area contributed by atoms with Crippen molar-refractivity contribution < 1.29 is 23.8 Å². The van der Waals surface area contributed by atoms with Crippen molar-refractivity contribution in [3.05, 3.63) is 64.6 Å². The molecule has 0 unspecified atom stereocenters. The first-order valence-electron chi connectivity index (χ1n) is 10.7. The molecule has 0 radical (unpaired) electrons. The van der Waals surface area contributed by atoms with Crippen LogP contribution in [-0.4, -0.2) is 66.0 Å². The Morgan fingerprint density at radius 2 is 1.74 bits per heavy atom. The standard InChI is InChI=1S/C24H28N2O5/c1-16-4-7-18(8-5-16)22(27)20-21(19-9-6-17(2)31-19)26(24(29)23(20)28)11-3-10-25-12-14-30-15-13-25/h4-9,21,27H,3,10-15H2,1-2H3/b22-20+/t21-/m1/s1. The van der Waals surface area contributed by atoms with E-state index in [0.717, 1.165) is 25.2 Å². The van der Waals surface area contributed by atoms with Gasteiger partial charge in [0, 0.05) is 31.7 Å². The number of carbonyl (C=O) groups is 2. The highest BCUT2D eigenvalue weighted by molar-refractivity contribution is 6.46. The van der Waals surface area contributed by atoms with Crippen molar-refractivity contribution in [2.24, 2.45) is 0 Å². The fourth-order valence-electron chi connectivity index (χ4n) is 4.16. The number of furan rings is 1. The Bertz CT molecular complexity index is 986. The number of hydrogen-bond acceptors (Lipinski definition) is 6. The fourth-order valence-corrected chi connectivity index (χ4v) is 4.16. The predicted octanol–water partition coefficient (Wildman–Crippen LogP) is 3.04. The maximum atomic E-state index is 13.0. The number of aryl methyl sites for hydroxylation is 2. The van der Waals surface area contributed by atoms with E-state index in [1.54, 1.807) is 24.3 Å². The highest BCUT2D eigenvalue weighted by Crippen LogP contribution is 2.40.